The molecule has 0 atom stereocenters. The van der Waals surface area contributed by atoms with Crippen LogP contribution in [0.2, 0.25) is 0 Å². The maximum absolute atomic E-state index is 3.89. The largest absolute Gasteiger partial charge is 0.262 e. The summed E-state index contributed by atoms with van der Waals surface area (Å²) >= 11 is 0. The van der Waals surface area contributed by atoms with Gasteiger partial charge in [0, 0.05) is 11.8 Å². The Labute approximate surface area is 47.0 Å². The van der Waals surface area contributed by atoms with Crippen molar-refractivity contribution in [1.82, 2.24) is 0 Å². The van der Waals surface area contributed by atoms with Gasteiger partial charge in [0.25, 0.3) is 0 Å². The molecule has 0 aromatic heterocycles. The number of hydrogen-bond acceptors (Lipinski definition) is 2. The summed E-state index contributed by atoms with van der Waals surface area (Å²) in [7, 11) is 0. The number of nitrogens with zero attached hydrogens (tertiary/aromatic N) is 2. The van der Waals surface area contributed by atoms with Gasteiger partial charge in [-0.05, 0) is 6.08 Å². The maximum Gasteiger partial charge on any atom is 0.0909 e. The van der Waals surface area contributed by atoms with Gasteiger partial charge in [0.15, 0.2) is 0 Å². The summed E-state index contributed by atoms with van der Waals surface area (Å²) in [6.07, 6.45) is 8.05. The van der Waals surface area contributed by atoms with E-state index < -0.39 is 0 Å². The molecule has 0 aromatic carbocycles. The Bertz CT molecular complexity index is 205. The second kappa shape index (κ2) is 1.15. The second-order valence-corrected chi connectivity index (χ2v) is 1.63. The Morgan fingerprint density at radius 2 is 2.50 bits per heavy atom. The summed E-state index contributed by atoms with van der Waals surface area (Å²) in [6.45, 7) is 0. The Hall–Kier alpha value is -1.18. The fraction of sp³-hybridized carbons (Fsp3) is 0. The molecule has 2 rings (SSSR count). The second-order valence-electron chi connectivity index (χ2n) is 1.63. The summed E-state index contributed by atoms with van der Waals surface area (Å²) in [6, 6.07) is 0. The topological polar surface area (TPSA) is 24.7 Å². The van der Waals surface area contributed by atoms with Crippen LogP contribution in [0.1, 0.15) is 0 Å². The molecule has 1 radical (unpaired) electrons. The molecule has 2 heteroatoms. The lowest BCUT2D eigenvalue weighted by molar-refractivity contribution is 1.42. The minimum atomic E-state index is 0.935. The number of aliphatic imine (C=N–C) groups is 2. The van der Waals surface area contributed by atoms with Gasteiger partial charge in [-0.2, -0.15) is 0 Å². The van der Waals surface area contributed by atoms with Crippen LogP contribution in [0.15, 0.2) is 33.5 Å². The molecule has 37 valence electrons. The summed E-state index contributed by atoms with van der Waals surface area (Å²) in [5.74, 6) is 0. The van der Waals surface area contributed by atoms with Gasteiger partial charge in [0.05, 0.1) is 18.1 Å². The van der Waals surface area contributed by atoms with Crippen LogP contribution in [0.3, 0.4) is 0 Å². The molecule has 0 spiro atoms. The van der Waals surface area contributed by atoms with Gasteiger partial charge < -0.3 is 0 Å². The predicted octanol–water partition coefficient (Wildman–Crippen LogP) is 0.800. The highest BCUT2D eigenvalue weighted by Crippen LogP contribution is 2.17. The maximum atomic E-state index is 3.89. The number of rotatable bonds is 0. The van der Waals surface area contributed by atoms with Crippen LogP contribution in [0.5, 0.6) is 0 Å². The third-order valence-electron chi connectivity index (χ3n) is 1.11. The molecular formula is C6H3N2. The van der Waals surface area contributed by atoms with Crippen molar-refractivity contribution in [3.63, 3.8) is 0 Å². The lowest BCUT2D eigenvalue weighted by Crippen LogP contribution is -1.73. The molecule has 2 aliphatic rings. The van der Waals surface area contributed by atoms with Crippen LogP contribution in [-0.2, 0) is 0 Å². The number of hydrogen-bond donors (Lipinski definition) is 0. The molecule has 0 N–H and O–H groups in total. The van der Waals surface area contributed by atoms with E-state index in [9.17, 15) is 0 Å². The van der Waals surface area contributed by atoms with Crippen molar-refractivity contribution >= 4 is 12.4 Å². The van der Waals surface area contributed by atoms with E-state index in [1.165, 1.54) is 0 Å². The van der Waals surface area contributed by atoms with Crippen LogP contribution in [0, 0.1) is 0 Å². The summed E-state index contributed by atoms with van der Waals surface area (Å²) in [5.41, 5.74) is 2.01. The molecule has 2 nitrogen and oxygen atoms in total. The Morgan fingerprint density at radius 3 is 3.38 bits per heavy atom. The Morgan fingerprint density at radius 1 is 1.50 bits per heavy atom. The van der Waals surface area contributed by atoms with Crippen LogP contribution >= 0.6 is 0 Å². The van der Waals surface area contributed by atoms with Crippen LogP contribution in [-0.4, -0.2) is 12.4 Å². The van der Waals surface area contributed by atoms with Crippen molar-refractivity contribution in [2.75, 3.05) is 0 Å². The molecule has 2 heterocycles. The molecule has 2 aliphatic heterocycles. The lowest BCUT2D eigenvalue weighted by Gasteiger charge is -1.81. The number of fused-ring (bicyclic) bond motifs is 1. The monoisotopic (exact) mass is 103 g/mol. The highest BCUT2D eigenvalue weighted by atomic mass is 14.8. The lowest BCUT2D eigenvalue weighted by atomic mass is 10.3. The third-order valence-corrected chi connectivity index (χ3v) is 1.11. The summed E-state index contributed by atoms with van der Waals surface area (Å²) < 4.78 is 0. The van der Waals surface area contributed by atoms with E-state index in [2.05, 4.69) is 16.2 Å². The van der Waals surface area contributed by atoms with Crippen molar-refractivity contribution < 1.29 is 0 Å². The molecule has 0 bridgehead atoms. The van der Waals surface area contributed by atoms with Gasteiger partial charge in [-0.1, -0.05) is 0 Å². The van der Waals surface area contributed by atoms with Crippen LogP contribution < -0.4 is 0 Å². The van der Waals surface area contributed by atoms with Crippen molar-refractivity contribution in [3.05, 3.63) is 23.5 Å². The van der Waals surface area contributed by atoms with Crippen molar-refractivity contribution in [3.8, 4) is 0 Å². The van der Waals surface area contributed by atoms with Gasteiger partial charge in [0.2, 0.25) is 0 Å². The zero-order chi connectivity index (χ0) is 5.40. The number of allylic oxidation sites excluding steroid dienone is 2. The van der Waals surface area contributed by atoms with Gasteiger partial charge in [-0.25, -0.2) is 4.99 Å². The SMILES string of the molecule is [C]1=NC2=CN=CC2=C1. The van der Waals surface area contributed by atoms with E-state index in [-0.39, 0.29) is 0 Å². The molecule has 0 fully saturated rings. The van der Waals surface area contributed by atoms with Crippen molar-refractivity contribution in [1.29, 1.82) is 0 Å². The zero-order valence-corrected chi connectivity index (χ0v) is 4.13. The van der Waals surface area contributed by atoms with Gasteiger partial charge in [-0.3, -0.25) is 4.99 Å². The first-order valence-electron chi connectivity index (χ1n) is 2.37. The van der Waals surface area contributed by atoms with Crippen LogP contribution in [0.25, 0.3) is 0 Å². The molecule has 0 saturated heterocycles. The van der Waals surface area contributed by atoms with Gasteiger partial charge in [-0.15, -0.1) is 0 Å². The fourth-order valence-electron chi connectivity index (χ4n) is 0.705. The van der Waals surface area contributed by atoms with E-state index in [0.717, 1.165) is 11.3 Å². The molecule has 8 heavy (non-hydrogen) atoms. The minimum Gasteiger partial charge on any atom is -0.262 e. The first kappa shape index (κ1) is 3.78. The highest BCUT2D eigenvalue weighted by Gasteiger charge is 2.08. The fourth-order valence-corrected chi connectivity index (χ4v) is 0.705. The van der Waals surface area contributed by atoms with E-state index in [0.29, 0.717) is 0 Å². The molecule has 0 unspecified atom stereocenters. The quantitative estimate of drug-likeness (QED) is 0.433. The smallest absolute Gasteiger partial charge is 0.0909 e. The summed E-state index contributed by atoms with van der Waals surface area (Å²) in [4.78, 5) is 7.77. The van der Waals surface area contributed by atoms with Crippen molar-refractivity contribution in [2.45, 2.75) is 0 Å². The molecule has 0 saturated carbocycles. The normalized spacial score (nSPS) is 21.0. The van der Waals surface area contributed by atoms with Crippen LogP contribution in [0.4, 0.5) is 0 Å². The van der Waals surface area contributed by atoms with Crippen molar-refractivity contribution in [2.24, 2.45) is 9.98 Å². The first-order chi connectivity index (χ1) is 3.97. The first-order valence-corrected chi connectivity index (χ1v) is 2.37. The predicted molar refractivity (Wildman–Crippen MR) is 32.1 cm³/mol. The van der Waals surface area contributed by atoms with E-state index in [1.54, 1.807) is 12.4 Å². The van der Waals surface area contributed by atoms with E-state index >= 15 is 0 Å². The molecule has 0 aromatic rings. The molecular weight excluding hydrogens is 100 g/mol. The van der Waals surface area contributed by atoms with E-state index in [1.807, 2.05) is 6.08 Å². The zero-order valence-electron chi connectivity index (χ0n) is 4.13. The third kappa shape index (κ3) is 0.320. The van der Waals surface area contributed by atoms with Gasteiger partial charge >= 0.3 is 0 Å². The molecule has 0 amide bonds. The van der Waals surface area contributed by atoms with E-state index in [4.69, 9.17) is 0 Å². The van der Waals surface area contributed by atoms with Gasteiger partial charge in [0.1, 0.15) is 0 Å². The average molecular weight is 103 g/mol. The average Bonchev–Trinajstić information content (AvgIpc) is 2.15. The Kier molecular flexibility index (Phi) is 0.545. The standard InChI is InChI=1S/C6H3N2/c1-2-8-6-4-7-3-5(1)6/h1,3-4H. The minimum absolute atomic E-state index is 0.935. The summed E-state index contributed by atoms with van der Waals surface area (Å²) in [5, 5.41) is 0. The Balaban J connectivity index is 2.59. The highest BCUT2D eigenvalue weighted by molar-refractivity contribution is 5.97. The molecule has 0 aliphatic carbocycles.